The average Bonchev–Trinajstić information content (AvgIpc) is 2.87. The number of amides is 2. The predicted molar refractivity (Wildman–Crippen MR) is 143 cm³/mol. The molecular weight excluding hydrogens is 455 g/mol. The Labute approximate surface area is 214 Å². The fourth-order valence-electron chi connectivity index (χ4n) is 5.36. The lowest BCUT2D eigenvalue weighted by Crippen LogP contribution is -2.50. The maximum atomic E-state index is 13.9. The van der Waals surface area contributed by atoms with E-state index in [1.807, 2.05) is 24.3 Å². The second-order valence-corrected chi connectivity index (χ2v) is 10.9. The summed E-state index contributed by atoms with van der Waals surface area (Å²) in [5.74, 6) is 0.0336. The van der Waals surface area contributed by atoms with Gasteiger partial charge in [0.1, 0.15) is 11.7 Å². The molecule has 0 saturated carbocycles. The average molecular weight is 495 g/mol. The normalized spacial score (nSPS) is 19.8. The summed E-state index contributed by atoms with van der Waals surface area (Å²) >= 11 is 0. The minimum Gasteiger partial charge on any atom is -0.385 e. The summed E-state index contributed by atoms with van der Waals surface area (Å²) in [4.78, 5) is 28.6. The first-order chi connectivity index (χ1) is 17.2. The van der Waals surface area contributed by atoms with Gasteiger partial charge in [-0.05, 0) is 100 Å². The summed E-state index contributed by atoms with van der Waals surface area (Å²) in [6.07, 6.45) is 4.62. The highest BCUT2D eigenvalue weighted by Gasteiger charge is 2.31. The summed E-state index contributed by atoms with van der Waals surface area (Å²) in [7, 11) is 0. The molecule has 0 radical (unpaired) electrons. The molecule has 194 valence electrons. The molecular formula is C29H39FN4O2. The molecule has 0 spiro atoms. The van der Waals surface area contributed by atoms with E-state index in [0.717, 1.165) is 62.1 Å². The molecule has 3 N–H and O–H groups in total. The lowest BCUT2D eigenvalue weighted by molar-refractivity contribution is -0.123. The molecule has 36 heavy (non-hydrogen) atoms. The molecule has 2 amide bonds. The van der Waals surface area contributed by atoms with Gasteiger partial charge in [-0.3, -0.25) is 9.59 Å². The molecule has 2 aliphatic heterocycles. The van der Waals surface area contributed by atoms with Crippen molar-refractivity contribution in [3.63, 3.8) is 0 Å². The second kappa shape index (κ2) is 11.4. The summed E-state index contributed by atoms with van der Waals surface area (Å²) in [5, 5.41) is 3.55. The number of alkyl halides is 1. The van der Waals surface area contributed by atoms with Gasteiger partial charge in [-0.15, -0.1) is 0 Å². The van der Waals surface area contributed by atoms with E-state index in [2.05, 4.69) is 34.5 Å². The molecule has 2 aromatic carbocycles. The van der Waals surface area contributed by atoms with Crippen LogP contribution in [-0.4, -0.2) is 66.0 Å². The highest BCUT2D eigenvalue weighted by atomic mass is 19.1. The van der Waals surface area contributed by atoms with Gasteiger partial charge in [0.2, 0.25) is 5.91 Å². The molecule has 2 aliphatic rings. The van der Waals surface area contributed by atoms with E-state index in [1.54, 1.807) is 18.7 Å². The third-order valence-electron chi connectivity index (χ3n) is 7.34. The number of rotatable bonds is 8. The third kappa shape index (κ3) is 6.84. The zero-order valence-electron chi connectivity index (χ0n) is 21.5. The van der Waals surface area contributed by atoms with Crippen molar-refractivity contribution in [3.8, 4) is 11.1 Å². The standard InChI is InChI=1S/C29H39FN4O2/c1-29(2,30)20-33-17-14-21(15-18-33)19-32-25-12-10-23(11-13-25)22-6-8-24(9-7-22)28(36)34-16-4-3-5-26(34)27(31)35/h6-13,21,26,32H,3-5,14-20H2,1-2H3,(H2,31,35)/t26-/m1/s1. The monoisotopic (exact) mass is 494 g/mol. The molecule has 0 unspecified atom stereocenters. The van der Waals surface area contributed by atoms with Crippen molar-refractivity contribution < 1.29 is 14.0 Å². The fourth-order valence-corrected chi connectivity index (χ4v) is 5.36. The van der Waals surface area contributed by atoms with Gasteiger partial charge < -0.3 is 20.9 Å². The van der Waals surface area contributed by atoms with Crippen molar-refractivity contribution in [3.05, 3.63) is 54.1 Å². The molecule has 0 bridgehead atoms. The van der Waals surface area contributed by atoms with Crippen LogP contribution in [0.15, 0.2) is 48.5 Å². The smallest absolute Gasteiger partial charge is 0.254 e. The van der Waals surface area contributed by atoms with E-state index in [0.29, 0.717) is 31.0 Å². The van der Waals surface area contributed by atoms with Crippen LogP contribution < -0.4 is 11.1 Å². The van der Waals surface area contributed by atoms with Crippen LogP contribution in [-0.2, 0) is 4.79 Å². The van der Waals surface area contributed by atoms with Crippen LogP contribution in [0.25, 0.3) is 11.1 Å². The van der Waals surface area contributed by atoms with Crippen LogP contribution in [0.3, 0.4) is 0 Å². The molecule has 6 nitrogen and oxygen atoms in total. The second-order valence-electron chi connectivity index (χ2n) is 10.9. The van der Waals surface area contributed by atoms with E-state index in [4.69, 9.17) is 5.73 Å². The maximum Gasteiger partial charge on any atom is 0.254 e. The largest absolute Gasteiger partial charge is 0.385 e. The van der Waals surface area contributed by atoms with Crippen molar-refractivity contribution in [1.29, 1.82) is 0 Å². The van der Waals surface area contributed by atoms with Crippen molar-refractivity contribution in [2.75, 3.05) is 38.0 Å². The number of nitrogens with one attached hydrogen (secondary N) is 1. The van der Waals surface area contributed by atoms with E-state index in [1.165, 1.54) is 0 Å². The van der Waals surface area contributed by atoms with Crippen LogP contribution in [0.2, 0.25) is 0 Å². The van der Waals surface area contributed by atoms with E-state index in [9.17, 15) is 14.0 Å². The van der Waals surface area contributed by atoms with Crippen LogP contribution >= 0.6 is 0 Å². The summed E-state index contributed by atoms with van der Waals surface area (Å²) in [6.45, 7) is 7.21. The number of halogens is 1. The summed E-state index contributed by atoms with van der Waals surface area (Å²) in [6, 6.07) is 15.4. The number of hydrogen-bond donors (Lipinski definition) is 2. The van der Waals surface area contributed by atoms with E-state index >= 15 is 0 Å². The molecule has 2 aromatic rings. The van der Waals surface area contributed by atoms with Gasteiger partial charge in [-0.25, -0.2) is 4.39 Å². The molecule has 4 rings (SSSR count). The molecule has 7 heteroatoms. The molecule has 0 aliphatic carbocycles. The number of primary amides is 1. The predicted octanol–water partition coefficient (Wildman–Crippen LogP) is 4.71. The molecule has 2 fully saturated rings. The molecule has 2 saturated heterocycles. The number of carbonyl (C=O) groups is 2. The lowest BCUT2D eigenvalue weighted by atomic mass is 9.95. The lowest BCUT2D eigenvalue weighted by Gasteiger charge is -2.34. The Balaban J connectivity index is 1.29. The van der Waals surface area contributed by atoms with Crippen molar-refractivity contribution in [1.82, 2.24) is 9.80 Å². The highest BCUT2D eigenvalue weighted by molar-refractivity contribution is 5.97. The number of hydrogen-bond acceptors (Lipinski definition) is 4. The van der Waals surface area contributed by atoms with Crippen LogP contribution in [0.1, 0.15) is 56.3 Å². The zero-order valence-corrected chi connectivity index (χ0v) is 21.5. The highest BCUT2D eigenvalue weighted by Crippen LogP contribution is 2.25. The molecule has 2 heterocycles. The van der Waals surface area contributed by atoms with Crippen molar-refractivity contribution in [2.24, 2.45) is 11.7 Å². The Morgan fingerprint density at radius 2 is 1.56 bits per heavy atom. The third-order valence-corrected chi connectivity index (χ3v) is 7.34. The number of piperidine rings is 2. The maximum absolute atomic E-state index is 13.9. The van der Waals surface area contributed by atoms with Gasteiger partial charge in [0.05, 0.1) is 0 Å². The Kier molecular flexibility index (Phi) is 8.29. The summed E-state index contributed by atoms with van der Waals surface area (Å²) < 4.78 is 13.9. The SMILES string of the molecule is CC(C)(F)CN1CCC(CNc2ccc(-c3ccc(C(=O)N4CCCC[C@@H]4C(N)=O)cc3)cc2)CC1. The number of benzene rings is 2. The van der Waals surface area contributed by atoms with Gasteiger partial charge in [-0.1, -0.05) is 24.3 Å². The quantitative estimate of drug-likeness (QED) is 0.557. The Morgan fingerprint density at radius 3 is 2.14 bits per heavy atom. The number of carbonyl (C=O) groups excluding carboxylic acids is 2. The first-order valence-corrected chi connectivity index (χ1v) is 13.2. The van der Waals surface area contributed by atoms with E-state index in [-0.39, 0.29) is 5.91 Å². The Bertz CT molecular complexity index is 1020. The van der Waals surface area contributed by atoms with Gasteiger partial charge in [0, 0.05) is 30.9 Å². The first-order valence-electron chi connectivity index (χ1n) is 13.2. The zero-order chi connectivity index (χ0) is 25.7. The van der Waals surface area contributed by atoms with Gasteiger partial charge in [0.25, 0.3) is 5.91 Å². The van der Waals surface area contributed by atoms with Crippen LogP contribution in [0.4, 0.5) is 10.1 Å². The number of anilines is 1. The van der Waals surface area contributed by atoms with Gasteiger partial charge in [-0.2, -0.15) is 0 Å². The van der Waals surface area contributed by atoms with Crippen molar-refractivity contribution >= 4 is 17.5 Å². The first kappa shape index (κ1) is 26.1. The minimum absolute atomic E-state index is 0.135. The van der Waals surface area contributed by atoms with Gasteiger partial charge in [0.15, 0.2) is 0 Å². The number of nitrogens with zero attached hydrogens (tertiary/aromatic N) is 2. The molecule has 1 atom stereocenters. The topological polar surface area (TPSA) is 78.7 Å². The fraction of sp³-hybridized carbons (Fsp3) is 0.517. The minimum atomic E-state index is -1.13. The summed E-state index contributed by atoms with van der Waals surface area (Å²) in [5.41, 5.74) is 8.16. The number of nitrogens with two attached hydrogens (primary N) is 1. The Hall–Kier alpha value is -2.93. The Morgan fingerprint density at radius 1 is 0.944 bits per heavy atom. The molecule has 0 aromatic heterocycles. The van der Waals surface area contributed by atoms with Crippen molar-refractivity contribution in [2.45, 2.75) is 57.7 Å². The van der Waals surface area contributed by atoms with Gasteiger partial charge >= 0.3 is 0 Å². The number of likely N-dealkylation sites (tertiary alicyclic amines) is 2. The van der Waals surface area contributed by atoms with E-state index < -0.39 is 17.6 Å². The van der Waals surface area contributed by atoms with Crippen LogP contribution in [0.5, 0.6) is 0 Å². The van der Waals surface area contributed by atoms with Crippen LogP contribution in [0, 0.1) is 5.92 Å².